The molecule has 3 N–H and O–H groups in total. The van der Waals surface area contributed by atoms with Crippen LogP contribution >= 0.6 is 11.3 Å². The zero-order valence-electron chi connectivity index (χ0n) is 12.5. The third-order valence-electron chi connectivity index (χ3n) is 3.18. The first-order valence-electron chi connectivity index (χ1n) is 7.12. The molecule has 6 nitrogen and oxygen atoms in total. The van der Waals surface area contributed by atoms with Crippen LogP contribution in [0.5, 0.6) is 0 Å². The number of nitrogens with zero attached hydrogens (tertiary/aromatic N) is 1. The standard InChI is InChI=1S/C15H19N3O3S/c1-9(2)13-8-18-14(22-13)10-6-11(17-7-10)12(19)4-3-5-16-15(20)21/h6-9,16-17H,3-5H2,1-2H3,(H,20,21). The van der Waals surface area contributed by atoms with Gasteiger partial charge in [0.05, 0.1) is 5.69 Å². The summed E-state index contributed by atoms with van der Waals surface area (Å²) < 4.78 is 0. The van der Waals surface area contributed by atoms with E-state index in [0.717, 1.165) is 10.6 Å². The molecule has 0 aliphatic heterocycles. The van der Waals surface area contributed by atoms with E-state index in [0.29, 0.717) is 24.5 Å². The maximum absolute atomic E-state index is 12.0. The number of H-pyrrole nitrogens is 1. The molecular formula is C15H19N3O3S. The number of aromatic nitrogens is 2. The van der Waals surface area contributed by atoms with Gasteiger partial charge in [0.2, 0.25) is 0 Å². The second-order valence-electron chi connectivity index (χ2n) is 5.28. The first-order chi connectivity index (χ1) is 10.5. The molecular weight excluding hydrogens is 302 g/mol. The van der Waals surface area contributed by atoms with Gasteiger partial charge >= 0.3 is 6.09 Å². The summed E-state index contributed by atoms with van der Waals surface area (Å²) >= 11 is 1.63. The molecule has 0 atom stereocenters. The van der Waals surface area contributed by atoms with Gasteiger partial charge in [0.15, 0.2) is 5.78 Å². The van der Waals surface area contributed by atoms with Crippen molar-refractivity contribution < 1.29 is 14.7 Å². The summed E-state index contributed by atoms with van der Waals surface area (Å²) in [5, 5.41) is 11.6. The van der Waals surface area contributed by atoms with Gasteiger partial charge in [-0.25, -0.2) is 9.78 Å². The van der Waals surface area contributed by atoms with E-state index in [9.17, 15) is 9.59 Å². The van der Waals surface area contributed by atoms with E-state index in [4.69, 9.17) is 5.11 Å². The molecule has 2 aromatic heterocycles. The maximum atomic E-state index is 12.0. The van der Waals surface area contributed by atoms with Crippen LogP contribution in [0.3, 0.4) is 0 Å². The van der Waals surface area contributed by atoms with Crippen LogP contribution in [0.1, 0.15) is 48.0 Å². The number of Topliss-reactive ketones (excluding diaryl/α,β-unsaturated/α-hetero) is 1. The number of aromatic amines is 1. The van der Waals surface area contributed by atoms with Crippen LogP contribution in [0.15, 0.2) is 18.5 Å². The van der Waals surface area contributed by atoms with Gasteiger partial charge in [-0.1, -0.05) is 13.8 Å². The van der Waals surface area contributed by atoms with Gasteiger partial charge in [-0.3, -0.25) is 4.79 Å². The van der Waals surface area contributed by atoms with Crippen LogP contribution in [0.4, 0.5) is 4.79 Å². The molecule has 118 valence electrons. The number of carbonyl (C=O) groups excluding carboxylic acids is 1. The fourth-order valence-corrected chi connectivity index (χ4v) is 2.85. The van der Waals surface area contributed by atoms with Crippen molar-refractivity contribution in [1.29, 1.82) is 0 Å². The van der Waals surface area contributed by atoms with Gasteiger partial charge in [0.1, 0.15) is 5.01 Å². The van der Waals surface area contributed by atoms with Crippen molar-refractivity contribution >= 4 is 23.2 Å². The smallest absolute Gasteiger partial charge is 0.404 e. The highest BCUT2D eigenvalue weighted by Gasteiger charge is 2.13. The highest BCUT2D eigenvalue weighted by molar-refractivity contribution is 7.15. The molecule has 0 aromatic carbocycles. The summed E-state index contributed by atoms with van der Waals surface area (Å²) in [6.07, 6.45) is 3.37. The number of hydrogen-bond donors (Lipinski definition) is 3. The number of ketones is 1. The Morgan fingerprint density at radius 3 is 2.86 bits per heavy atom. The minimum Gasteiger partial charge on any atom is -0.465 e. The Labute approximate surface area is 132 Å². The number of nitrogens with one attached hydrogen (secondary N) is 2. The van der Waals surface area contributed by atoms with Gasteiger partial charge < -0.3 is 15.4 Å². The molecule has 2 rings (SSSR count). The molecule has 0 unspecified atom stereocenters. The van der Waals surface area contributed by atoms with E-state index in [2.05, 4.69) is 29.1 Å². The average molecular weight is 321 g/mol. The van der Waals surface area contributed by atoms with E-state index < -0.39 is 6.09 Å². The lowest BCUT2D eigenvalue weighted by Gasteiger charge is -1.99. The van der Waals surface area contributed by atoms with Crippen molar-refractivity contribution in [2.75, 3.05) is 6.54 Å². The van der Waals surface area contributed by atoms with E-state index >= 15 is 0 Å². The molecule has 22 heavy (non-hydrogen) atoms. The SMILES string of the molecule is CC(C)c1cnc(-c2c[nH]c(C(=O)CCCNC(=O)O)c2)s1. The predicted molar refractivity (Wildman–Crippen MR) is 85.6 cm³/mol. The summed E-state index contributed by atoms with van der Waals surface area (Å²) in [6, 6.07) is 1.80. The van der Waals surface area contributed by atoms with Crippen LogP contribution in [-0.2, 0) is 0 Å². The molecule has 0 spiro atoms. The molecule has 1 amide bonds. The molecule has 0 fully saturated rings. The zero-order chi connectivity index (χ0) is 16.1. The Morgan fingerprint density at radius 2 is 2.23 bits per heavy atom. The lowest BCUT2D eigenvalue weighted by Crippen LogP contribution is -2.22. The molecule has 0 aliphatic carbocycles. The Morgan fingerprint density at radius 1 is 1.45 bits per heavy atom. The number of thiazole rings is 1. The number of rotatable bonds is 7. The van der Waals surface area contributed by atoms with E-state index in [1.807, 2.05) is 6.20 Å². The van der Waals surface area contributed by atoms with Crippen molar-refractivity contribution in [2.45, 2.75) is 32.6 Å². The Kier molecular flexibility index (Phi) is 5.32. The van der Waals surface area contributed by atoms with Crippen molar-refractivity contribution in [3.05, 3.63) is 29.0 Å². The topological polar surface area (TPSA) is 95.1 Å². The molecule has 0 saturated carbocycles. The van der Waals surface area contributed by atoms with E-state index in [1.165, 1.54) is 4.88 Å². The molecule has 2 heterocycles. The van der Waals surface area contributed by atoms with Crippen LogP contribution in [0.25, 0.3) is 10.6 Å². The average Bonchev–Trinajstić information content (AvgIpc) is 3.10. The normalized spacial score (nSPS) is 10.9. The predicted octanol–water partition coefficient (Wildman–Crippen LogP) is 3.49. The molecule has 0 radical (unpaired) electrons. The summed E-state index contributed by atoms with van der Waals surface area (Å²) in [4.78, 5) is 30.9. The third kappa shape index (κ3) is 4.17. The highest BCUT2D eigenvalue weighted by Crippen LogP contribution is 2.29. The van der Waals surface area contributed by atoms with Gasteiger partial charge in [-0.2, -0.15) is 0 Å². The number of carboxylic acid groups (broad SMARTS) is 1. The number of amides is 1. The Hall–Kier alpha value is -2.15. The first kappa shape index (κ1) is 16.2. The minimum absolute atomic E-state index is 0.0286. The van der Waals surface area contributed by atoms with Crippen LogP contribution in [0, 0.1) is 0 Å². The summed E-state index contributed by atoms with van der Waals surface area (Å²) in [6.45, 7) is 4.52. The monoisotopic (exact) mass is 321 g/mol. The van der Waals surface area contributed by atoms with Gasteiger partial charge in [0, 0.05) is 35.8 Å². The molecule has 0 bridgehead atoms. The summed E-state index contributed by atoms with van der Waals surface area (Å²) in [5.74, 6) is 0.409. The lowest BCUT2D eigenvalue weighted by atomic mass is 10.1. The molecule has 7 heteroatoms. The quantitative estimate of drug-likeness (QED) is 0.537. The molecule has 0 aliphatic rings. The second kappa shape index (κ2) is 7.22. The zero-order valence-corrected chi connectivity index (χ0v) is 13.4. The van der Waals surface area contributed by atoms with Crippen molar-refractivity contribution in [2.24, 2.45) is 0 Å². The van der Waals surface area contributed by atoms with Crippen molar-refractivity contribution in [3.63, 3.8) is 0 Å². The molecule has 2 aromatic rings. The third-order valence-corrected chi connectivity index (χ3v) is 4.53. The van der Waals surface area contributed by atoms with Crippen molar-refractivity contribution in [1.82, 2.24) is 15.3 Å². The lowest BCUT2D eigenvalue weighted by molar-refractivity contribution is 0.0975. The maximum Gasteiger partial charge on any atom is 0.404 e. The summed E-state index contributed by atoms with van der Waals surface area (Å²) in [5.41, 5.74) is 1.44. The minimum atomic E-state index is -1.07. The fraction of sp³-hybridized carbons (Fsp3) is 0.400. The second-order valence-corrected chi connectivity index (χ2v) is 6.35. The van der Waals surface area contributed by atoms with Gasteiger partial charge in [-0.15, -0.1) is 11.3 Å². The Bertz CT molecular complexity index is 661. The van der Waals surface area contributed by atoms with Crippen LogP contribution in [-0.4, -0.2) is 33.5 Å². The largest absolute Gasteiger partial charge is 0.465 e. The van der Waals surface area contributed by atoms with Crippen molar-refractivity contribution in [3.8, 4) is 10.6 Å². The highest BCUT2D eigenvalue weighted by atomic mass is 32.1. The van der Waals surface area contributed by atoms with Crippen LogP contribution in [0.2, 0.25) is 0 Å². The Balaban J connectivity index is 1.95. The summed E-state index contributed by atoms with van der Waals surface area (Å²) in [7, 11) is 0. The molecule has 0 saturated heterocycles. The first-order valence-corrected chi connectivity index (χ1v) is 7.93. The number of hydrogen-bond acceptors (Lipinski definition) is 4. The van der Waals surface area contributed by atoms with Gasteiger partial charge in [0.25, 0.3) is 0 Å². The van der Waals surface area contributed by atoms with Crippen LogP contribution < -0.4 is 5.32 Å². The van der Waals surface area contributed by atoms with Gasteiger partial charge in [-0.05, 0) is 18.4 Å². The fourth-order valence-electron chi connectivity index (χ4n) is 1.94. The van der Waals surface area contributed by atoms with E-state index in [-0.39, 0.29) is 12.3 Å². The van der Waals surface area contributed by atoms with E-state index in [1.54, 1.807) is 23.6 Å². The number of carbonyl (C=O) groups is 2.